The fourth-order valence-electron chi connectivity index (χ4n) is 2.93. The van der Waals surface area contributed by atoms with Crippen LogP contribution in [0.25, 0.3) is 0 Å². The third-order valence-electron chi connectivity index (χ3n) is 3.70. The monoisotopic (exact) mass is 203 g/mol. The topological polar surface area (TPSA) is 21.3 Å². The SMILES string of the molecule is CC[C@@H]1Nc2ccccc2[C@H]2OCC[C@H]12. The lowest BCUT2D eigenvalue weighted by atomic mass is 9.83. The molecule has 1 aromatic rings. The number of para-hydroxylation sites is 1. The minimum Gasteiger partial charge on any atom is -0.382 e. The summed E-state index contributed by atoms with van der Waals surface area (Å²) in [5.41, 5.74) is 2.62. The fraction of sp³-hybridized carbons (Fsp3) is 0.538. The second kappa shape index (κ2) is 3.53. The van der Waals surface area contributed by atoms with E-state index < -0.39 is 0 Å². The molecule has 0 radical (unpaired) electrons. The van der Waals surface area contributed by atoms with E-state index >= 15 is 0 Å². The molecule has 0 amide bonds. The summed E-state index contributed by atoms with van der Waals surface area (Å²) >= 11 is 0. The fourth-order valence-corrected chi connectivity index (χ4v) is 2.93. The highest BCUT2D eigenvalue weighted by Crippen LogP contribution is 2.44. The standard InChI is InChI=1S/C13H17NO/c1-2-11-10-7-8-15-13(10)9-5-3-4-6-12(9)14-11/h3-6,10-11,13-14H,2,7-8H2,1H3/t10-,11+,13-/m1/s1. The predicted molar refractivity (Wildman–Crippen MR) is 60.9 cm³/mol. The van der Waals surface area contributed by atoms with Crippen molar-refractivity contribution in [1.82, 2.24) is 0 Å². The zero-order chi connectivity index (χ0) is 10.3. The third-order valence-corrected chi connectivity index (χ3v) is 3.70. The van der Waals surface area contributed by atoms with Crippen molar-refractivity contribution in [1.29, 1.82) is 0 Å². The highest BCUT2D eigenvalue weighted by Gasteiger charge is 2.39. The van der Waals surface area contributed by atoms with Gasteiger partial charge in [0.15, 0.2) is 0 Å². The molecule has 3 rings (SSSR count). The Kier molecular flexibility index (Phi) is 2.17. The summed E-state index contributed by atoms with van der Waals surface area (Å²) in [5, 5.41) is 3.64. The molecule has 2 heteroatoms. The van der Waals surface area contributed by atoms with Gasteiger partial charge in [-0.15, -0.1) is 0 Å². The van der Waals surface area contributed by atoms with Crippen molar-refractivity contribution >= 4 is 5.69 Å². The Morgan fingerprint density at radius 1 is 1.40 bits per heavy atom. The summed E-state index contributed by atoms with van der Waals surface area (Å²) in [5.74, 6) is 0.671. The second-order valence-corrected chi connectivity index (χ2v) is 4.49. The first-order chi connectivity index (χ1) is 7.40. The molecule has 1 fully saturated rings. The van der Waals surface area contributed by atoms with E-state index in [2.05, 4.69) is 36.5 Å². The molecule has 0 aliphatic carbocycles. The van der Waals surface area contributed by atoms with Crippen LogP contribution in [0.2, 0.25) is 0 Å². The van der Waals surface area contributed by atoms with Crippen LogP contribution < -0.4 is 5.32 Å². The zero-order valence-corrected chi connectivity index (χ0v) is 9.07. The van der Waals surface area contributed by atoms with Crippen LogP contribution >= 0.6 is 0 Å². The van der Waals surface area contributed by atoms with Gasteiger partial charge >= 0.3 is 0 Å². The maximum absolute atomic E-state index is 5.88. The summed E-state index contributed by atoms with van der Waals surface area (Å²) in [7, 11) is 0. The van der Waals surface area contributed by atoms with Crippen LogP contribution in [0, 0.1) is 5.92 Å². The molecule has 80 valence electrons. The Morgan fingerprint density at radius 2 is 2.27 bits per heavy atom. The summed E-state index contributed by atoms with van der Waals surface area (Å²) in [4.78, 5) is 0. The molecule has 2 heterocycles. The maximum atomic E-state index is 5.88. The minimum absolute atomic E-state index is 0.340. The Morgan fingerprint density at radius 3 is 3.13 bits per heavy atom. The van der Waals surface area contributed by atoms with Gasteiger partial charge in [0, 0.05) is 29.8 Å². The van der Waals surface area contributed by atoms with E-state index in [1.165, 1.54) is 24.1 Å². The molecule has 2 nitrogen and oxygen atoms in total. The number of fused-ring (bicyclic) bond motifs is 3. The molecule has 0 spiro atoms. The van der Waals surface area contributed by atoms with Crippen LogP contribution in [0.5, 0.6) is 0 Å². The Labute approximate surface area is 90.6 Å². The van der Waals surface area contributed by atoms with Crippen LogP contribution in [0.4, 0.5) is 5.69 Å². The van der Waals surface area contributed by atoms with E-state index in [1.807, 2.05) is 0 Å². The zero-order valence-electron chi connectivity index (χ0n) is 9.07. The lowest BCUT2D eigenvalue weighted by molar-refractivity contribution is 0.0826. The van der Waals surface area contributed by atoms with E-state index in [4.69, 9.17) is 4.74 Å². The normalized spacial score (nSPS) is 33.0. The van der Waals surface area contributed by atoms with Gasteiger partial charge in [-0.1, -0.05) is 25.1 Å². The minimum atomic E-state index is 0.340. The van der Waals surface area contributed by atoms with E-state index in [0.717, 1.165) is 6.61 Å². The van der Waals surface area contributed by atoms with Crippen molar-refractivity contribution in [3.63, 3.8) is 0 Å². The molecule has 1 N–H and O–H groups in total. The van der Waals surface area contributed by atoms with E-state index in [1.54, 1.807) is 0 Å². The van der Waals surface area contributed by atoms with Crippen LogP contribution in [0.3, 0.4) is 0 Å². The average Bonchev–Trinajstić information content (AvgIpc) is 2.77. The molecule has 2 aliphatic rings. The molecular weight excluding hydrogens is 186 g/mol. The number of anilines is 1. The van der Waals surface area contributed by atoms with E-state index in [9.17, 15) is 0 Å². The molecule has 0 unspecified atom stereocenters. The van der Waals surface area contributed by atoms with Gasteiger partial charge in [-0.2, -0.15) is 0 Å². The average molecular weight is 203 g/mol. The van der Waals surface area contributed by atoms with Crippen LogP contribution in [0.1, 0.15) is 31.4 Å². The number of hydrogen-bond acceptors (Lipinski definition) is 2. The third kappa shape index (κ3) is 1.36. The number of ether oxygens (including phenoxy) is 1. The molecule has 2 aliphatic heterocycles. The quantitative estimate of drug-likeness (QED) is 0.757. The smallest absolute Gasteiger partial charge is 0.0893 e. The number of rotatable bonds is 1. The largest absolute Gasteiger partial charge is 0.382 e. The summed E-state index contributed by atoms with van der Waals surface area (Å²) in [6.45, 7) is 3.17. The maximum Gasteiger partial charge on any atom is 0.0893 e. The van der Waals surface area contributed by atoms with Crippen molar-refractivity contribution < 1.29 is 4.74 Å². The van der Waals surface area contributed by atoms with Crippen molar-refractivity contribution in [2.75, 3.05) is 11.9 Å². The van der Waals surface area contributed by atoms with Gasteiger partial charge in [-0.3, -0.25) is 0 Å². The summed E-state index contributed by atoms with van der Waals surface area (Å²) in [6.07, 6.45) is 2.72. The van der Waals surface area contributed by atoms with Gasteiger partial charge in [0.25, 0.3) is 0 Å². The van der Waals surface area contributed by atoms with Crippen LogP contribution in [0.15, 0.2) is 24.3 Å². The first-order valence-electron chi connectivity index (χ1n) is 5.87. The molecule has 15 heavy (non-hydrogen) atoms. The lowest BCUT2D eigenvalue weighted by Crippen LogP contribution is -2.35. The van der Waals surface area contributed by atoms with Gasteiger partial charge in [0.1, 0.15) is 0 Å². The van der Waals surface area contributed by atoms with Crippen molar-refractivity contribution in [3.8, 4) is 0 Å². The van der Waals surface area contributed by atoms with Gasteiger partial charge in [0.2, 0.25) is 0 Å². The second-order valence-electron chi connectivity index (χ2n) is 4.49. The molecule has 0 saturated carbocycles. The molecule has 0 aromatic heterocycles. The van der Waals surface area contributed by atoms with E-state index in [0.29, 0.717) is 18.1 Å². The first kappa shape index (κ1) is 9.22. The van der Waals surface area contributed by atoms with Crippen LogP contribution in [-0.2, 0) is 4.74 Å². The number of benzene rings is 1. The Bertz CT molecular complexity index is 363. The highest BCUT2D eigenvalue weighted by molar-refractivity contribution is 5.55. The molecule has 0 bridgehead atoms. The highest BCUT2D eigenvalue weighted by atomic mass is 16.5. The van der Waals surface area contributed by atoms with Gasteiger partial charge in [0.05, 0.1) is 6.10 Å². The lowest BCUT2D eigenvalue weighted by Gasteiger charge is -2.35. The van der Waals surface area contributed by atoms with Crippen molar-refractivity contribution in [2.24, 2.45) is 5.92 Å². The Hall–Kier alpha value is -1.02. The predicted octanol–water partition coefficient (Wildman–Crippen LogP) is 2.97. The number of nitrogens with one attached hydrogen (secondary N) is 1. The molecular formula is C13H17NO. The Balaban J connectivity index is 2.03. The van der Waals surface area contributed by atoms with E-state index in [-0.39, 0.29) is 0 Å². The summed E-state index contributed by atoms with van der Waals surface area (Å²) < 4.78 is 5.88. The van der Waals surface area contributed by atoms with Crippen LogP contribution in [-0.4, -0.2) is 12.6 Å². The van der Waals surface area contributed by atoms with Crippen molar-refractivity contribution in [3.05, 3.63) is 29.8 Å². The summed E-state index contributed by atoms with van der Waals surface area (Å²) in [6, 6.07) is 9.14. The first-order valence-corrected chi connectivity index (χ1v) is 5.87. The van der Waals surface area contributed by atoms with Gasteiger partial charge in [-0.25, -0.2) is 0 Å². The van der Waals surface area contributed by atoms with Crippen molar-refractivity contribution in [2.45, 2.75) is 31.9 Å². The number of hydrogen-bond donors (Lipinski definition) is 1. The molecule has 3 atom stereocenters. The van der Waals surface area contributed by atoms with Gasteiger partial charge in [-0.05, 0) is 18.9 Å². The molecule has 1 saturated heterocycles. The molecule has 1 aromatic carbocycles. The van der Waals surface area contributed by atoms with Gasteiger partial charge < -0.3 is 10.1 Å².